The third-order valence-electron chi connectivity index (χ3n) is 4.74. The van der Waals surface area contributed by atoms with Gasteiger partial charge in [-0.25, -0.2) is 9.38 Å². The first-order valence-corrected chi connectivity index (χ1v) is 10.7. The molecule has 2 aromatic rings. The van der Waals surface area contributed by atoms with Crippen LogP contribution in [0.25, 0.3) is 0 Å². The van der Waals surface area contributed by atoms with Gasteiger partial charge in [0, 0.05) is 44.8 Å². The molecule has 1 aliphatic heterocycles. The first-order chi connectivity index (χ1) is 13.6. The molecule has 1 saturated heterocycles. The van der Waals surface area contributed by atoms with E-state index in [4.69, 9.17) is 4.99 Å². The maximum atomic E-state index is 14.0. The molecule has 0 radical (unpaired) electrons. The summed E-state index contributed by atoms with van der Waals surface area (Å²) >= 11 is 1.79. The number of rotatable bonds is 6. The van der Waals surface area contributed by atoms with Crippen LogP contribution >= 0.6 is 35.3 Å². The molecule has 0 bridgehead atoms. The van der Waals surface area contributed by atoms with Gasteiger partial charge < -0.3 is 20.0 Å². The summed E-state index contributed by atoms with van der Waals surface area (Å²) < 4.78 is 14.0. The van der Waals surface area contributed by atoms with Gasteiger partial charge in [-0.05, 0) is 56.2 Å². The van der Waals surface area contributed by atoms with Crippen molar-refractivity contribution in [2.45, 2.75) is 20.0 Å². The molecule has 0 atom stereocenters. The molecule has 5 nitrogen and oxygen atoms in total. The Morgan fingerprint density at radius 3 is 2.59 bits per heavy atom. The molecular weight excluding hydrogens is 500 g/mol. The monoisotopic (exact) mass is 531 g/mol. The number of nitrogens with zero attached hydrogens (tertiary/aromatic N) is 4. The van der Waals surface area contributed by atoms with Crippen molar-refractivity contribution in [2.75, 3.05) is 51.7 Å². The highest BCUT2D eigenvalue weighted by molar-refractivity contribution is 14.0. The topological polar surface area (TPSA) is 34.1 Å². The van der Waals surface area contributed by atoms with Crippen LogP contribution in [0.2, 0.25) is 0 Å². The van der Waals surface area contributed by atoms with Gasteiger partial charge in [0.1, 0.15) is 5.82 Å². The summed E-state index contributed by atoms with van der Waals surface area (Å²) in [6.45, 7) is 7.94. The summed E-state index contributed by atoms with van der Waals surface area (Å²) in [5.74, 6) is 0.782. The third kappa shape index (κ3) is 6.82. The fourth-order valence-electron chi connectivity index (χ4n) is 3.37. The second-order valence-electron chi connectivity index (χ2n) is 7.26. The second-order valence-corrected chi connectivity index (χ2v) is 8.19. The molecule has 1 aliphatic rings. The van der Waals surface area contributed by atoms with Gasteiger partial charge in [-0.3, -0.25) is 0 Å². The van der Waals surface area contributed by atoms with Gasteiger partial charge in [0.25, 0.3) is 0 Å². The zero-order valence-corrected chi connectivity index (χ0v) is 20.5. The van der Waals surface area contributed by atoms with E-state index in [1.165, 1.54) is 5.00 Å². The van der Waals surface area contributed by atoms with E-state index in [1.54, 1.807) is 17.4 Å². The van der Waals surface area contributed by atoms with Crippen molar-refractivity contribution in [3.63, 3.8) is 0 Å². The third-order valence-corrected chi connectivity index (χ3v) is 5.67. The van der Waals surface area contributed by atoms with Crippen LogP contribution in [0.15, 0.2) is 40.7 Å². The number of aliphatic imine (C=N–C) groups is 1. The van der Waals surface area contributed by atoms with Crippen LogP contribution in [0.5, 0.6) is 0 Å². The number of thiophene rings is 1. The Morgan fingerprint density at radius 2 is 1.97 bits per heavy atom. The van der Waals surface area contributed by atoms with Gasteiger partial charge in [-0.1, -0.05) is 6.07 Å². The van der Waals surface area contributed by atoms with E-state index in [1.807, 2.05) is 31.1 Å². The zero-order valence-electron chi connectivity index (χ0n) is 17.4. The molecule has 160 valence electrons. The lowest BCUT2D eigenvalue weighted by Gasteiger charge is -2.37. The summed E-state index contributed by atoms with van der Waals surface area (Å²) in [5.41, 5.74) is 1.75. The summed E-state index contributed by atoms with van der Waals surface area (Å²) in [5, 5.41) is 6.87. The van der Waals surface area contributed by atoms with Crippen molar-refractivity contribution in [2.24, 2.45) is 4.99 Å². The maximum absolute atomic E-state index is 14.0. The fraction of sp³-hybridized carbons (Fsp3) is 0.476. The van der Waals surface area contributed by atoms with E-state index in [2.05, 4.69) is 39.6 Å². The molecule has 1 aromatic carbocycles. The minimum atomic E-state index is -0.155. The van der Waals surface area contributed by atoms with Gasteiger partial charge in [0.05, 0.1) is 11.5 Å². The Bertz CT molecular complexity index is 773. The van der Waals surface area contributed by atoms with Crippen LogP contribution < -0.4 is 10.2 Å². The molecule has 1 fully saturated rings. The lowest BCUT2D eigenvalue weighted by Crippen LogP contribution is -2.52. The molecule has 1 aromatic heterocycles. The zero-order chi connectivity index (χ0) is 19.9. The van der Waals surface area contributed by atoms with E-state index in [9.17, 15) is 4.39 Å². The van der Waals surface area contributed by atoms with Crippen molar-refractivity contribution >= 4 is 46.3 Å². The van der Waals surface area contributed by atoms with Crippen molar-refractivity contribution in [3.05, 3.63) is 52.7 Å². The Labute approximate surface area is 194 Å². The van der Waals surface area contributed by atoms with Crippen LogP contribution in [-0.4, -0.2) is 62.6 Å². The van der Waals surface area contributed by atoms with Crippen molar-refractivity contribution in [1.29, 1.82) is 0 Å². The summed E-state index contributed by atoms with van der Waals surface area (Å²) in [7, 11) is 3.90. The van der Waals surface area contributed by atoms with Crippen molar-refractivity contribution < 1.29 is 4.39 Å². The van der Waals surface area contributed by atoms with Gasteiger partial charge in [-0.15, -0.1) is 35.3 Å². The number of nitrogens with one attached hydrogen (secondary N) is 1. The van der Waals surface area contributed by atoms with Crippen molar-refractivity contribution in [3.8, 4) is 0 Å². The molecule has 0 amide bonds. The first kappa shape index (κ1) is 23.9. The van der Waals surface area contributed by atoms with Crippen LogP contribution in [-0.2, 0) is 13.1 Å². The van der Waals surface area contributed by atoms with Crippen molar-refractivity contribution in [1.82, 2.24) is 15.1 Å². The van der Waals surface area contributed by atoms with Crippen LogP contribution in [0, 0.1) is 5.82 Å². The van der Waals surface area contributed by atoms with Crippen LogP contribution in [0.1, 0.15) is 18.1 Å². The molecule has 0 saturated carbocycles. The largest absolute Gasteiger partial charge is 0.360 e. The van der Waals surface area contributed by atoms with Gasteiger partial charge in [0.2, 0.25) is 0 Å². The molecule has 1 N–H and O–H groups in total. The maximum Gasteiger partial charge on any atom is 0.194 e. The van der Waals surface area contributed by atoms with Gasteiger partial charge >= 0.3 is 0 Å². The highest BCUT2D eigenvalue weighted by Gasteiger charge is 2.20. The molecule has 0 aliphatic carbocycles. The normalized spacial score (nSPS) is 14.9. The summed E-state index contributed by atoms with van der Waals surface area (Å²) in [6.07, 6.45) is 0. The highest BCUT2D eigenvalue weighted by atomic mass is 127. The van der Waals surface area contributed by atoms with Crippen LogP contribution in [0.3, 0.4) is 0 Å². The number of piperazine rings is 1. The minimum absolute atomic E-state index is 0. The smallest absolute Gasteiger partial charge is 0.194 e. The summed E-state index contributed by atoms with van der Waals surface area (Å²) in [4.78, 5) is 11.5. The average molecular weight is 531 g/mol. The van der Waals surface area contributed by atoms with Gasteiger partial charge in [0.15, 0.2) is 5.96 Å². The molecule has 29 heavy (non-hydrogen) atoms. The van der Waals surface area contributed by atoms with E-state index < -0.39 is 0 Å². The molecule has 0 spiro atoms. The number of hydrogen-bond acceptors (Lipinski definition) is 4. The molecule has 3 rings (SSSR count). The Hall–Kier alpha value is -1.39. The lowest BCUT2D eigenvalue weighted by atomic mass is 10.1. The first-order valence-electron chi connectivity index (χ1n) is 9.80. The number of halogens is 2. The fourth-order valence-corrected chi connectivity index (χ4v) is 4.15. The number of anilines is 1. The Kier molecular flexibility index (Phi) is 9.64. The van der Waals surface area contributed by atoms with E-state index >= 15 is 0 Å². The quantitative estimate of drug-likeness (QED) is 0.349. The number of guanidine groups is 1. The van der Waals surface area contributed by atoms with E-state index in [0.717, 1.165) is 44.2 Å². The van der Waals surface area contributed by atoms with Crippen LogP contribution in [0.4, 0.5) is 9.39 Å². The summed E-state index contributed by atoms with van der Waals surface area (Å²) in [6, 6.07) is 9.59. The highest BCUT2D eigenvalue weighted by Crippen LogP contribution is 2.22. The predicted octanol–water partition coefficient (Wildman–Crippen LogP) is 3.85. The van der Waals surface area contributed by atoms with E-state index in [-0.39, 0.29) is 29.8 Å². The number of benzene rings is 1. The Balaban J connectivity index is 0.00000300. The lowest BCUT2D eigenvalue weighted by molar-refractivity contribution is 0.373. The number of hydrogen-bond donors (Lipinski definition) is 1. The SMILES string of the molecule is CCNC(=NCc1ccc(F)c(CN(C)C)c1)N1CCN(c2cccs2)CC1.I. The minimum Gasteiger partial charge on any atom is -0.360 e. The van der Waals surface area contributed by atoms with E-state index in [0.29, 0.717) is 18.7 Å². The van der Waals surface area contributed by atoms with Gasteiger partial charge in [-0.2, -0.15) is 0 Å². The molecule has 2 heterocycles. The Morgan fingerprint density at radius 1 is 1.21 bits per heavy atom. The molecular formula is C21H31FIN5S. The molecule has 0 unspecified atom stereocenters. The standard InChI is InChI=1S/C21H30FN5S.HI/c1-4-23-21(27-11-9-26(10-12-27)20-6-5-13-28-20)24-15-17-7-8-19(22)18(14-17)16-25(2)3;/h5-8,13-14H,4,9-12,15-16H2,1-3H3,(H,23,24);1H. The average Bonchev–Trinajstić information content (AvgIpc) is 3.22. The second kappa shape index (κ2) is 11.7. The predicted molar refractivity (Wildman–Crippen MR) is 132 cm³/mol. The molecule has 8 heteroatoms.